The zero-order chi connectivity index (χ0) is 20.2. The van der Waals surface area contributed by atoms with Gasteiger partial charge in [0.2, 0.25) is 0 Å². The summed E-state index contributed by atoms with van der Waals surface area (Å²) in [5, 5.41) is 0. The maximum Gasteiger partial charge on any atom is -0.00805 e. The molecule has 0 N–H and O–H groups in total. The van der Waals surface area contributed by atoms with Crippen LogP contribution in [0.3, 0.4) is 0 Å². The summed E-state index contributed by atoms with van der Waals surface area (Å²) in [6.45, 7) is 6.79. The van der Waals surface area contributed by atoms with Gasteiger partial charge >= 0.3 is 0 Å². The van der Waals surface area contributed by atoms with E-state index in [-0.39, 0.29) is 0 Å². The van der Waals surface area contributed by atoms with E-state index < -0.39 is 0 Å². The number of rotatable bonds is 6. The summed E-state index contributed by atoms with van der Waals surface area (Å²) in [6, 6.07) is 23.5. The molecule has 1 aliphatic carbocycles. The molecule has 0 radical (unpaired) electrons. The van der Waals surface area contributed by atoms with Crippen molar-refractivity contribution in [1.82, 2.24) is 0 Å². The molecule has 0 saturated heterocycles. The summed E-state index contributed by atoms with van der Waals surface area (Å²) >= 11 is 0. The van der Waals surface area contributed by atoms with Gasteiger partial charge in [-0.1, -0.05) is 87.4 Å². The van der Waals surface area contributed by atoms with Crippen LogP contribution < -0.4 is 0 Å². The lowest BCUT2D eigenvalue weighted by Crippen LogP contribution is -2.06. The van der Waals surface area contributed by atoms with Crippen molar-refractivity contribution in [2.75, 3.05) is 0 Å². The highest BCUT2D eigenvalue weighted by molar-refractivity contribution is 5.72. The molecule has 0 spiro atoms. The second-order valence-electron chi connectivity index (χ2n) is 8.75. The minimum atomic E-state index is 0.550. The van der Waals surface area contributed by atoms with Gasteiger partial charge in [-0.2, -0.15) is 0 Å². The molecule has 3 aromatic rings. The van der Waals surface area contributed by atoms with E-state index >= 15 is 0 Å². The van der Waals surface area contributed by atoms with Crippen molar-refractivity contribution in [2.45, 2.75) is 71.6 Å². The van der Waals surface area contributed by atoms with Crippen molar-refractivity contribution in [1.29, 1.82) is 0 Å². The Labute approximate surface area is 177 Å². The zero-order valence-corrected chi connectivity index (χ0v) is 18.3. The van der Waals surface area contributed by atoms with Crippen molar-refractivity contribution < 1.29 is 0 Å². The van der Waals surface area contributed by atoms with Crippen molar-refractivity contribution in [3.63, 3.8) is 0 Å². The number of benzene rings is 3. The molecule has 0 nitrogen and oxygen atoms in total. The standard InChI is InChI=1S/C29H34/c1-4-6-7-10-22-14-16-29-27(17-22)20-26(19-25-11-8-9-12-28(25)29)24-15-13-21(3)23(5-2)18-24/h8-9,11-18,26H,4-7,10,19-20H2,1-3H3. The summed E-state index contributed by atoms with van der Waals surface area (Å²) in [5.41, 5.74) is 11.8. The molecule has 0 aromatic heterocycles. The molecule has 0 heterocycles. The SMILES string of the molecule is CCCCCc1ccc2c(c1)CC(c1ccc(C)c(CC)c1)Cc1ccccc1-2. The highest BCUT2D eigenvalue weighted by Crippen LogP contribution is 2.39. The van der Waals surface area contributed by atoms with Gasteiger partial charge in [-0.25, -0.2) is 0 Å². The molecule has 1 atom stereocenters. The van der Waals surface area contributed by atoms with Crippen LogP contribution >= 0.6 is 0 Å². The fraction of sp³-hybridized carbons (Fsp3) is 0.379. The van der Waals surface area contributed by atoms with Gasteiger partial charge in [0.25, 0.3) is 0 Å². The topological polar surface area (TPSA) is 0 Å². The normalized spacial score (nSPS) is 15.5. The highest BCUT2D eigenvalue weighted by Gasteiger charge is 2.23. The van der Waals surface area contributed by atoms with Crippen molar-refractivity contribution >= 4 is 0 Å². The molecule has 29 heavy (non-hydrogen) atoms. The second kappa shape index (κ2) is 8.99. The summed E-state index contributed by atoms with van der Waals surface area (Å²) in [4.78, 5) is 0. The maximum absolute atomic E-state index is 2.51. The molecular formula is C29H34. The second-order valence-corrected chi connectivity index (χ2v) is 8.75. The molecule has 3 aromatic carbocycles. The van der Waals surface area contributed by atoms with E-state index in [0.29, 0.717) is 5.92 Å². The van der Waals surface area contributed by atoms with E-state index in [1.54, 1.807) is 0 Å². The van der Waals surface area contributed by atoms with Gasteiger partial charge in [-0.3, -0.25) is 0 Å². The summed E-state index contributed by atoms with van der Waals surface area (Å²) in [7, 11) is 0. The Kier molecular flexibility index (Phi) is 6.19. The highest BCUT2D eigenvalue weighted by atomic mass is 14.3. The van der Waals surface area contributed by atoms with Gasteiger partial charge in [-0.15, -0.1) is 0 Å². The van der Waals surface area contributed by atoms with Crippen LogP contribution in [0.25, 0.3) is 11.1 Å². The van der Waals surface area contributed by atoms with E-state index in [4.69, 9.17) is 0 Å². The first-order valence-corrected chi connectivity index (χ1v) is 11.5. The van der Waals surface area contributed by atoms with E-state index in [1.165, 1.54) is 70.2 Å². The Morgan fingerprint density at radius 1 is 0.793 bits per heavy atom. The first-order chi connectivity index (χ1) is 14.2. The Balaban J connectivity index is 1.74. The van der Waals surface area contributed by atoms with Crippen LogP contribution in [0.1, 0.15) is 72.4 Å². The third-order valence-electron chi connectivity index (χ3n) is 6.70. The van der Waals surface area contributed by atoms with E-state index in [9.17, 15) is 0 Å². The molecule has 0 aliphatic heterocycles. The quantitative estimate of drug-likeness (QED) is 0.381. The lowest BCUT2D eigenvalue weighted by molar-refractivity contribution is 0.684. The molecule has 1 aliphatic rings. The predicted octanol–water partition coefficient (Wildman–Crippen LogP) is 7.84. The fourth-order valence-corrected chi connectivity index (χ4v) is 4.94. The number of fused-ring (bicyclic) bond motifs is 3. The van der Waals surface area contributed by atoms with Crippen LogP contribution in [0.2, 0.25) is 0 Å². The molecule has 0 fully saturated rings. The average Bonchev–Trinajstić information content (AvgIpc) is 2.91. The molecule has 0 bridgehead atoms. The van der Waals surface area contributed by atoms with Crippen LogP contribution in [0.5, 0.6) is 0 Å². The van der Waals surface area contributed by atoms with E-state index in [1.807, 2.05) is 0 Å². The van der Waals surface area contributed by atoms with E-state index in [2.05, 4.69) is 81.4 Å². The van der Waals surface area contributed by atoms with Gasteiger partial charge in [0.1, 0.15) is 0 Å². The van der Waals surface area contributed by atoms with Crippen molar-refractivity contribution in [3.8, 4) is 11.1 Å². The van der Waals surface area contributed by atoms with Gasteiger partial charge in [0.15, 0.2) is 0 Å². The van der Waals surface area contributed by atoms with Gasteiger partial charge in [0, 0.05) is 0 Å². The first kappa shape index (κ1) is 20.0. The predicted molar refractivity (Wildman–Crippen MR) is 126 cm³/mol. The maximum atomic E-state index is 2.51. The Bertz CT molecular complexity index is 979. The Morgan fingerprint density at radius 3 is 2.41 bits per heavy atom. The monoisotopic (exact) mass is 382 g/mol. The molecular weight excluding hydrogens is 348 g/mol. The summed E-state index contributed by atoms with van der Waals surface area (Å²) < 4.78 is 0. The number of aryl methyl sites for hydroxylation is 3. The molecule has 1 unspecified atom stereocenters. The number of hydrogen-bond acceptors (Lipinski definition) is 0. The van der Waals surface area contributed by atoms with Crippen LogP contribution in [0.4, 0.5) is 0 Å². The minimum absolute atomic E-state index is 0.550. The first-order valence-electron chi connectivity index (χ1n) is 11.5. The van der Waals surface area contributed by atoms with Crippen molar-refractivity contribution in [3.05, 3.63) is 94.0 Å². The van der Waals surface area contributed by atoms with Crippen LogP contribution in [0, 0.1) is 6.92 Å². The average molecular weight is 383 g/mol. The van der Waals surface area contributed by atoms with Crippen LogP contribution in [-0.2, 0) is 25.7 Å². The zero-order valence-electron chi connectivity index (χ0n) is 18.3. The van der Waals surface area contributed by atoms with Gasteiger partial charge in [-0.05, 0) is 89.5 Å². The lowest BCUT2D eigenvalue weighted by Gasteiger charge is -2.18. The molecule has 4 rings (SSSR count). The fourth-order valence-electron chi connectivity index (χ4n) is 4.94. The summed E-state index contributed by atoms with van der Waals surface area (Å²) in [6.07, 6.45) is 8.49. The third kappa shape index (κ3) is 4.32. The minimum Gasteiger partial charge on any atom is -0.0654 e. The molecule has 150 valence electrons. The van der Waals surface area contributed by atoms with Gasteiger partial charge in [0.05, 0.1) is 0 Å². The summed E-state index contributed by atoms with van der Waals surface area (Å²) in [5.74, 6) is 0.550. The van der Waals surface area contributed by atoms with Crippen molar-refractivity contribution in [2.24, 2.45) is 0 Å². The smallest absolute Gasteiger partial charge is 0.00805 e. The number of unbranched alkanes of at least 4 members (excludes halogenated alkanes) is 2. The number of hydrogen-bond donors (Lipinski definition) is 0. The largest absolute Gasteiger partial charge is 0.0654 e. The van der Waals surface area contributed by atoms with Crippen LogP contribution in [-0.4, -0.2) is 0 Å². The Morgan fingerprint density at radius 2 is 1.59 bits per heavy atom. The van der Waals surface area contributed by atoms with E-state index in [0.717, 1.165) is 19.3 Å². The lowest BCUT2D eigenvalue weighted by atomic mass is 9.86. The molecule has 0 amide bonds. The molecule has 0 heteroatoms. The Hall–Kier alpha value is -2.34. The van der Waals surface area contributed by atoms with Gasteiger partial charge < -0.3 is 0 Å². The molecule has 0 saturated carbocycles. The third-order valence-corrected chi connectivity index (χ3v) is 6.70. The van der Waals surface area contributed by atoms with Crippen LogP contribution in [0.15, 0.2) is 60.7 Å².